The van der Waals surface area contributed by atoms with Crippen LogP contribution in [-0.4, -0.2) is 13.2 Å². The highest BCUT2D eigenvalue weighted by atomic mass is 32.1. The smallest absolute Gasteiger partial charge is 0.0955 e. The van der Waals surface area contributed by atoms with Gasteiger partial charge in [0.15, 0.2) is 0 Å². The standard InChI is InChI=1S/C9H15NOS/c1-2-4-11-9(6-10)8-3-5-12-7-8/h3,5,7,9H,2,4,6,10H2,1H3. The zero-order valence-corrected chi connectivity index (χ0v) is 8.14. The average molecular weight is 185 g/mol. The summed E-state index contributed by atoms with van der Waals surface area (Å²) in [7, 11) is 0. The van der Waals surface area contributed by atoms with Gasteiger partial charge in [-0.2, -0.15) is 11.3 Å². The highest BCUT2D eigenvalue weighted by Crippen LogP contribution is 2.18. The van der Waals surface area contributed by atoms with E-state index in [1.165, 1.54) is 5.56 Å². The number of rotatable bonds is 5. The molecular weight excluding hydrogens is 170 g/mol. The number of hydrogen-bond donors (Lipinski definition) is 1. The Labute approximate surface area is 77.3 Å². The second-order valence-corrected chi connectivity index (χ2v) is 3.43. The van der Waals surface area contributed by atoms with Crippen molar-refractivity contribution in [1.82, 2.24) is 0 Å². The molecule has 1 heterocycles. The minimum Gasteiger partial charge on any atom is -0.372 e. The Morgan fingerprint density at radius 2 is 2.50 bits per heavy atom. The maximum atomic E-state index is 5.58. The van der Waals surface area contributed by atoms with Crippen LogP contribution >= 0.6 is 11.3 Å². The number of nitrogens with two attached hydrogens (primary N) is 1. The molecule has 1 unspecified atom stereocenters. The van der Waals surface area contributed by atoms with Crippen LogP contribution in [0.2, 0.25) is 0 Å². The lowest BCUT2D eigenvalue weighted by atomic mass is 10.2. The van der Waals surface area contributed by atoms with Gasteiger partial charge in [-0.15, -0.1) is 0 Å². The van der Waals surface area contributed by atoms with E-state index in [-0.39, 0.29) is 6.10 Å². The maximum absolute atomic E-state index is 5.58. The summed E-state index contributed by atoms with van der Waals surface area (Å²) in [6.45, 7) is 3.45. The van der Waals surface area contributed by atoms with Crippen molar-refractivity contribution < 1.29 is 4.74 Å². The van der Waals surface area contributed by atoms with Crippen LogP contribution in [0.1, 0.15) is 25.0 Å². The number of ether oxygens (including phenoxy) is 1. The van der Waals surface area contributed by atoms with Crippen LogP contribution in [0, 0.1) is 0 Å². The monoisotopic (exact) mass is 185 g/mol. The Kier molecular flexibility index (Phi) is 4.29. The van der Waals surface area contributed by atoms with Crippen molar-refractivity contribution in [3.05, 3.63) is 22.4 Å². The molecule has 0 saturated heterocycles. The van der Waals surface area contributed by atoms with Crippen molar-refractivity contribution in [1.29, 1.82) is 0 Å². The van der Waals surface area contributed by atoms with Crippen molar-refractivity contribution in [2.24, 2.45) is 5.73 Å². The largest absolute Gasteiger partial charge is 0.372 e. The summed E-state index contributed by atoms with van der Waals surface area (Å²) in [5.74, 6) is 0. The molecule has 0 saturated carbocycles. The Morgan fingerprint density at radius 1 is 1.67 bits per heavy atom. The van der Waals surface area contributed by atoms with Gasteiger partial charge in [0.1, 0.15) is 0 Å². The fourth-order valence-corrected chi connectivity index (χ4v) is 1.72. The van der Waals surface area contributed by atoms with Crippen LogP contribution in [0.25, 0.3) is 0 Å². The van der Waals surface area contributed by atoms with E-state index in [4.69, 9.17) is 10.5 Å². The molecule has 3 heteroatoms. The zero-order valence-electron chi connectivity index (χ0n) is 7.32. The van der Waals surface area contributed by atoms with Gasteiger partial charge in [-0.3, -0.25) is 0 Å². The van der Waals surface area contributed by atoms with Gasteiger partial charge in [-0.05, 0) is 28.8 Å². The summed E-state index contributed by atoms with van der Waals surface area (Å²) >= 11 is 1.68. The molecule has 2 N–H and O–H groups in total. The molecule has 0 aliphatic carbocycles. The molecule has 0 aliphatic rings. The highest BCUT2D eigenvalue weighted by Gasteiger charge is 2.08. The Balaban J connectivity index is 2.45. The van der Waals surface area contributed by atoms with Crippen LogP contribution in [0.4, 0.5) is 0 Å². The molecule has 2 nitrogen and oxygen atoms in total. The summed E-state index contributed by atoms with van der Waals surface area (Å²) in [6, 6.07) is 2.07. The van der Waals surface area contributed by atoms with E-state index in [2.05, 4.69) is 18.4 Å². The molecular formula is C9H15NOS. The molecule has 0 amide bonds. The quantitative estimate of drug-likeness (QED) is 0.763. The third-order valence-corrected chi connectivity index (χ3v) is 2.35. The summed E-state index contributed by atoms with van der Waals surface area (Å²) in [4.78, 5) is 0. The summed E-state index contributed by atoms with van der Waals surface area (Å²) in [5.41, 5.74) is 6.79. The SMILES string of the molecule is CCCOC(CN)c1ccsc1. The van der Waals surface area contributed by atoms with Crippen molar-refractivity contribution in [2.45, 2.75) is 19.4 Å². The van der Waals surface area contributed by atoms with Gasteiger partial charge in [0.25, 0.3) is 0 Å². The fourth-order valence-electron chi connectivity index (χ4n) is 1.02. The molecule has 68 valence electrons. The molecule has 0 bridgehead atoms. The number of thiophene rings is 1. The predicted molar refractivity (Wildman–Crippen MR) is 52.4 cm³/mol. The van der Waals surface area contributed by atoms with Crippen LogP contribution in [0.5, 0.6) is 0 Å². The Bertz CT molecular complexity index is 198. The molecule has 1 aromatic heterocycles. The van der Waals surface area contributed by atoms with Gasteiger partial charge in [-0.25, -0.2) is 0 Å². The second-order valence-electron chi connectivity index (χ2n) is 2.65. The lowest BCUT2D eigenvalue weighted by Crippen LogP contribution is -2.15. The average Bonchev–Trinajstić information content (AvgIpc) is 2.59. The first kappa shape index (κ1) is 9.71. The van der Waals surface area contributed by atoms with E-state index < -0.39 is 0 Å². The first-order valence-corrected chi connectivity index (χ1v) is 5.16. The fraction of sp³-hybridized carbons (Fsp3) is 0.556. The molecule has 0 radical (unpaired) electrons. The maximum Gasteiger partial charge on any atom is 0.0955 e. The van der Waals surface area contributed by atoms with E-state index in [1.807, 2.05) is 5.38 Å². The van der Waals surface area contributed by atoms with Gasteiger partial charge >= 0.3 is 0 Å². The first-order chi connectivity index (χ1) is 5.88. The minimum absolute atomic E-state index is 0.0937. The van der Waals surface area contributed by atoms with Crippen molar-refractivity contribution in [3.8, 4) is 0 Å². The van der Waals surface area contributed by atoms with Gasteiger partial charge in [0.2, 0.25) is 0 Å². The molecule has 0 aliphatic heterocycles. The Hall–Kier alpha value is -0.380. The van der Waals surface area contributed by atoms with E-state index >= 15 is 0 Å². The first-order valence-electron chi connectivity index (χ1n) is 4.22. The number of hydrogen-bond acceptors (Lipinski definition) is 3. The summed E-state index contributed by atoms with van der Waals surface area (Å²) in [5, 5.41) is 4.14. The zero-order chi connectivity index (χ0) is 8.81. The second kappa shape index (κ2) is 5.30. The third kappa shape index (κ3) is 2.59. The summed E-state index contributed by atoms with van der Waals surface area (Å²) in [6.07, 6.45) is 1.14. The normalized spacial score (nSPS) is 13.2. The van der Waals surface area contributed by atoms with Crippen molar-refractivity contribution in [3.63, 3.8) is 0 Å². The van der Waals surface area contributed by atoms with E-state index in [9.17, 15) is 0 Å². The van der Waals surface area contributed by atoms with Crippen molar-refractivity contribution in [2.75, 3.05) is 13.2 Å². The van der Waals surface area contributed by atoms with Crippen LogP contribution < -0.4 is 5.73 Å². The van der Waals surface area contributed by atoms with Gasteiger partial charge in [0.05, 0.1) is 6.10 Å². The topological polar surface area (TPSA) is 35.2 Å². The summed E-state index contributed by atoms with van der Waals surface area (Å²) < 4.78 is 5.57. The molecule has 1 aromatic rings. The minimum atomic E-state index is 0.0937. The predicted octanol–water partition coefficient (Wildman–Crippen LogP) is 2.17. The van der Waals surface area contributed by atoms with E-state index in [0.717, 1.165) is 13.0 Å². The third-order valence-electron chi connectivity index (χ3n) is 1.65. The van der Waals surface area contributed by atoms with Crippen LogP contribution in [-0.2, 0) is 4.74 Å². The molecule has 1 rings (SSSR count). The van der Waals surface area contributed by atoms with Gasteiger partial charge < -0.3 is 10.5 Å². The van der Waals surface area contributed by atoms with Crippen molar-refractivity contribution >= 4 is 11.3 Å². The molecule has 0 aromatic carbocycles. The van der Waals surface area contributed by atoms with Gasteiger partial charge in [-0.1, -0.05) is 6.92 Å². The molecule has 12 heavy (non-hydrogen) atoms. The van der Waals surface area contributed by atoms with Crippen LogP contribution in [0.15, 0.2) is 16.8 Å². The van der Waals surface area contributed by atoms with Gasteiger partial charge in [0, 0.05) is 13.2 Å². The molecule has 0 fully saturated rings. The highest BCUT2D eigenvalue weighted by molar-refractivity contribution is 7.07. The lowest BCUT2D eigenvalue weighted by molar-refractivity contribution is 0.0594. The molecule has 1 atom stereocenters. The molecule has 0 spiro atoms. The Morgan fingerprint density at radius 3 is 3.00 bits per heavy atom. The van der Waals surface area contributed by atoms with Crippen LogP contribution in [0.3, 0.4) is 0 Å². The van der Waals surface area contributed by atoms with E-state index in [1.54, 1.807) is 11.3 Å². The lowest BCUT2D eigenvalue weighted by Gasteiger charge is -2.13. The van der Waals surface area contributed by atoms with E-state index in [0.29, 0.717) is 6.54 Å².